The smallest absolute Gasteiger partial charge is 0.165 e. The van der Waals surface area contributed by atoms with Gasteiger partial charge in [0, 0.05) is 5.02 Å². The van der Waals surface area contributed by atoms with Crippen LogP contribution in [0.3, 0.4) is 0 Å². The summed E-state index contributed by atoms with van der Waals surface area (Å²) in [6.45, 7) is 4.11. The van der Waals surface area contributed by atoms with Crippen LogP contribution in [0.2, 0.25) is 5.02 Å². The average molecular weight is 312 g/mol. The Kier molecular flexibility index (Phi) is 3.47. The summed E-state index contributed by atoms with van der Waals surface area (Å²) < 4.78 is 1.53. The van der Waals surface area contributed by atoms with Crippen molar-refractivity contribution in [1.82, 2.24) is 14.6 Å². The Morgan fingerprint density at radius 3 is 2.77 bits per heavy atom. The van der Waals surface area contributed by atoms with Crippen molar-refractivity contribution in [2.75, 3.05) is 5.73 Å². The minimum Gasteiger partial charge on any atom is -0.382 e. The van der Waals surface area contributed by atoms with Crippen LogP contribution in [0.4, 0.5) is 5.82 Å². The normalized spacial score (nSPS) is 11.0. The molecule has 0 atom stereocenters. The number of hydrogen-bond acceptors (Lipinski definition) is 4. The van der Waals surface area contributed by atoms with Crippen LogP contribution in [-0.2, 0) is 0 Å². The zero-order valence-corrected chi connectivity index (χ0v) is 13.0. The Bertz CT molecular complexity index is 905. The number of nitrogens with two attached hydrogens (primary N) is 1. The van der Waals surface area contributed by atoms with Crippen LogP contribution in [0.25, 0.3) is 16.8 Å². The Morgan fingerprint density at radius 2 is 2.14 bits per heavy atom. The predicted octanol–water partition coefficient (Wildman–Crippen LogP) is 3.63. The van der Waals surface area contributed by atoms with Crippen LogP contribution in [0.5, 0.6) is 0 Å². The van der Waals surface area contributed by atoms with Crippen LogP contribution in [0.15, 0.2) is 30.5 Å². The van der Waals surface area contributed by atoms with Gasteiger partial charge in [-0.3, -0.25) is 0 Å². The number of nitriles is 1. The molecule has 0 aliphatic heterocycles. The van der Waals surface area contributed by atoms with Crippen LogP contribution >= 0.6 is 11.6 Å². The Balaban J connectivity index is 2.40. The number of fused-ring (bicyclic) bond motifs is 1. The maximum atomic E-state index is 9.09. The number of nitrogens with zero attached hydrogens (tertiary/aromatic N) is 4. The fourth-order valence-corrected chi connectivity index (χ4v) is 2.62. The lowest BCUT2D eigenvalue weighted by Gasteiger charge is -2.06. The Morgan fingerprint density at radius 1 is 1.36 bits per heavy atom. The molecule has 22 heavy (non-hydrogen) atoms. The van der Waals surface area contributed by atoms with Gasteiger partial charge in [-0.2, -0.15) is 14.9 Å². The van der Waals surface area contributed by atoms with E-state index in [0.29, 0.717) is 22.1 Å². The largest absolute Gasteiger partial charge is 0.382 e. The van der Waals surface area contributed by atoms with Gasteiger partial charge in [-0.15, -0.1) is 0 Å². The highest BCUT2D eigenvalue weighted by Crippen LogP contribution is 2.34. The van der Waals surface area contributed by atoms with E-state index in [0.717, 1.165) is 16.8 Å². The second-order valence-corrected chi connectivity index (χ2v) is 5.77. The molecule has 3 rings (SSSR count). The molecule has 0 aliphatic rings. The van der Waals surface area contributed by atoms with E-state index in [-0.39, 0.29) is 5.92 Å². The van der Waals surface area contributed by atoms with Gasteiger partial charge in [0.2, 0.25) is 0 Å². The molecule has 110 valence electrons. The molecule has 2 heterocycles. The van der Waals surface area contributed by atoms with Crippen molar-refractivity contribution in [1.29, 1.82) is 5.26 Å². The number of benzene rings is 1. The molecular weight excluding hydrogens is 298 g/mol. The van der Waals surface area contributed by atoms with E-state index in [2.05, 4.69) is 23.9 Å². The number of halogens is 1. The predicted molar refractivity (Wildman–Crippen MR) is 86.6 cm³/mol. The molecule has 2 N–H and O–H groups in total. The lowest BCUT2D eigenvalue weighted by atomic mass is 9.99. The van der Waals surface area contributed by atoms with Crippen LogP contribution in [0.1, 0.15) is 31.0 Å². The first-order valence-corrected chi connectivity index (χ1v) is 7.24. The number of hydrogen-bond donors (Lipinski definition) is 1. The second-order valence-electron chi connectivity index (χ2n) is 5.33. The molecule has 3 aromatic rings. The highest BCUT2D eigenvalue weighted by Gasteiger charge is 2.20. The fraction of sp³-hybridized carbons (Fsp3) is 0.188. The molecule has 0 radical (unpaired) electrons. The third-order valence-corrected chi connectivity index (χ3v) is 3.72. The van der Waals surface area contributed by atoms with Crippen molar-refractivity contribution >= 4 is 23.1 Å². The van der Waals surface area contributed by atoms with E-state index in [1.54, 1.807) is 0 Å². The van der Waals surface area contributed by atoms with Crippen molar-refractivity contribution < 1.29 is 0 Å². The van der Waals surface area contributed by atoms with E-state index < -0.39 is 0 Å². The second kappa shape index (κ2) is 5.32. The van der Waals surface area contributed by atoms with Crippen molar-refractivity contribution in [2.45, 2.75) is 19.8 Å². The zero-order valence-electron chi connectivity index (χ0n) is 12.2. The number of nitrogen functional groups attached to an aromatic ring is 1. The van der Waals surface area contributed by atoms with Gasteiger partial charge < -0.3 is 5.73 Å². The molecule has 0 fully saturated rings. The van der Waals surface area contributed by atoms with Gasteiger partial charge in [0.05, 0.1) is 17.5 Å². The van der Waals surface area contributed by atoms with Crippen molar-refractivity contribution in [2.24, 2.45) is 0 Å². The molecule has 0 bridgehead atoms. The highest BCUT2D eigenvalue weighted by atomic mass is 35.5. The van der Waals surface area contributed by atoms with Gasteiger partial charge in [0.15, 0.2) is 5.65 Å². The van der Waals surface area contributed by atoms with Crippen molar-refractivity contribution in [3.05, 3.63) is 46.7 Å². The first kappa shape index (κ1) is 14.4. The third kappa shape index (κ3) is 2.18. The highest BCUT2D eigenvalue weighted by molar-refractivity contribution is 6.30. The summed E-state index contributed by atoms with van der Waals surface area (Å²) in [5.41, 5.74) is 9.67. The lowest BCUT2D eigenvalue weighted by Crippen LogP contribution is -2.03. The van der Waals surface area contributed by atoms with E-state index >= 15 is 0 Å². The molecule has 2 aromatic heterocycles. The van der Waals surface area contributed by atoms with Gasteiger partial charge in [-0.25, -0.2) is 4.98 Å². The van der Waals surface area contributed by atoms with Crippen molar-refractivity contribution in [3.63, 3.8) is 0 Å². The summed E-state index contributed by atoms with van der Waals surface area (Å²) >= 11 is 6.11. The molecule has 0 saturated heterocycles. The molecule has 5 nitrogen and oxygen atoms in total. The zero-order chi connectivity index (χ0) is 15.9. The summed E-state index contributed by atoms with van der Waals surface area (Å²) in [5.74, 6) is 0.475. The average Bonchev–Trinajstić information content (AvgIpc) is 2.88. The molecule has 6 heteroatoms. The van der Waals surface area contributed by atoms with Crippen LogP contribution in [-0.4, -0.2) is 14.6 Å². The topological polar surface area (TPSA) is 80.0 Å². The molecule has 0 spiro atoms. The van der Waals surface area contributed by atoms with Gasteiger partial charge in [0.25, 0.3) is 0 Å². The Hall–Kier alpha value is -2.58. The first-order valence-electron chi connectivity index (χ1n) is 6.86. The summed E-state index contributed by atoms with van der Waals surface area (Å²) in [6.07, 6.45) is 1.48. The van der Waals surface area contributed by atoms with E-state index in [1.165, 1.54) is 10.7 Å². The summed E-state index contributed by atoms with van der Waals surface area (Å²) in [6, 6.07) is 9.57. The van der Waals surface area contributed by atoms with Gasteiger partial charge in [0.1, 0.15) is 17.5 Å². The quantitative estimate of drug-likeness (QED) is 0.783. The summed E-state index contributed by atoms with van der Waals surface area (Å²) in [7, 11) is 0. The monoisotopic (exact) mass is 311 g/mol. The molecule has 1 aromatic carbocycles. The minimum atomic E-state index is 0.181. The number of anilines is 1. The Labute approximate surface area is 133 Å². The van der Waals surface area contributed by atoms with Gasteiger partial charge in [-0.1, -0.05) is 37.6 Å². The van der Waals surface area contributed by atoms with E-state index in [9.17, 15) is 0 Å². The minimum absolute atomic E-state index is 0.181. The van der Waals surface area contributed by atoms with Gasteiger partial charge >= 0.3 is 0 Å². The summed E-state index contributed by atoms with van der Waals surface area (Å²) in [5, 5.41) is 14.3. The fourth-order valence-electron chi connectivity index (χ4n) is 2.43. The number of rotatable bonds is 2. The standard InChI is InChI=1S/C16H14ClN5/c1-9(2)14-13(10-4-3-5-12(17)6-10)16-20-8-11(7-18)15(19)22(16)21-14/h3-6,8-9H,19H2,1-2H3. The lowest BCUT2D eigenvalue weighted by molar-refractivity contribution is 0.790. The maximum Gasteiger partial charge on any atom is 0.165 e. The number of aromatic nitrogens is 3. The molecule has 0 saturated carbocycles. The van der Waals surface area contributed by atoms with E-state index in [1.807, 2.05) is 30.3 Å². The molecule has 0 unspecified atom stereocenters. The van der Waals surface area contributed by atoms with Crippen LogP contribution in [0, 0.1) is 11.3 Å². The first-order chi connectivity index (χ1) is 10.5. The third-order valence-electron chi connectivity index (χ3n) is 3.49. The summed E-state index contributed by atoms with van der Waals surface area (Å²) in [4.78, 5) is 4.38. The SMILES string of the molecule is CC(C)c1nn2c(N)c(C#N)cnc2c1-c1cccc(Cl)c1. The van der Waals surface area contributed by atoms with Crippen LogP contribution < -0.4 is 5.73 Å². The molecule has 0 aliphatic carbocycles. The van der Waals surface area contributed by atoms with E-state index in [4.69, 9.17) is 22.6 Å². The van der Waals surface area contributed by atoms with Gasteiger partial charge in [-0.05, 0) is 23.6 Å². The van der Waals surface area contributed by atoms with Crippen molar-refractivity contribution in [3.8, 4) is 17.2 Å². The maximum absolute atomic E-state index is 9.09. The molecular formula is C16H14ClN5. The molecule has 0 amide bonds.